The maximum Gasteiger partial charge on any atom is 0.441 e. The van der Waals surface area contributed by atoms with Gasteiger partial charge < -0.3 is 20.7 Å². The Bertz CT molecular complexity index is 1120. The van der Waals surface area contributed by atoms with Crippen LogP contribution in [0.25, 0.3) is 5.53 Å². The Balaban J connectivity index is 1.70. The molecule has 0 unspecified atom stereocenters. The Morgan fingerprint density at radius 2 is 1.94 bits per heavy atom. The second kappa shape index (κ2) is 8.67. The topological polar surface area (TPSA) is 193 Å². The molecule has 13 heteroatoms. The van der Waals surface area contributed by atoms with Crippen LogP contribution in [0.15, 0.2) is 24.3 Å². The molecule has 0 bridgehead atoms. The van der Waals surface area contributed by atoms with E-state index in [1.807, 2.05) is 0 Å². The van der Waals surface area contributed by atoms with Gasteiger partial charge in [-0.25, -0.2) is 9.59 Å². The van der Waals surface area contributed by atoms with Crippen molar-refractivity contribution in [1.29, 1.82) is 0 Å². The van der Waals surface area contributed by atoms with Crippen molar-refractivity contribution in [3.05, 3.63) is 45.5 Å². The van der Waals surface area contributed by atoms with Gasteiger partial charge in [0.25, 0.3) is 11.5 Å². The Kier molecular flexibility index (Phi) is 6.25. The van der Waals surface area contributed by atoms with Gasteiger partial charge in [0.15, 0.2) is 0 Å². The number of ketones is 1. The van der Waals surface area contributed by atoms with Gasteiger partial charge in [0, 0.05) is 31.0 Å². The maximum atomic E-state index is 12.7. The summed E-state index contributed by atoms with van der Waals surface area (Å²) in [7, 11) is 0. The average Bonchev–Trinajstić information content (AvgIpc) is 3.01. The van der Waals surface area contributed by atoms with Crippen LogP contribution < -0.4 is 5.32 Å². The highest BCUT2D eigenvalue weighted by atomic mass is 16.6. The van der Waals surface area contributed by atoms with E-state index >= 15 is 0 Å². The van der Waals surface area contributed by atoms with Crippen LogP contribution in [0.2, 0.25) is 0 Å². The lowest BCUT2D eigenvalue weighted by Gasteiger charge is -2.55. The van der Waals surface area contributed by atoms with Crippen LogP contribution >= 0.6 is 0 Å². The number of nitrogens with zero attached hydrogens (tertiary/aromatic N) is 4. The van der Waals surface area contributed by atoms with Gasteiger partial charge in [0.1, 0.15) is 12.1 Å². The van der Waals surface area contributed by atoms with Crippen molar-refractivity contribution in [3.8, 4) is 0 Å². The summed E-state index contributed by atoms with van der Waals surface area (Å²) in [6, 6.07) is 4.52. The fourth-order valence-electron chi connectivity index (χ4n) is 4.75. The first-order valence-electron chi connectivity index (χ1n) is 10.3. The predicted octanol–water partition coefficient (Wildman–Crippen LogP) is 1.16. The van der Waals surface area contributed by atoms with Crippen molar-refractivity contribution < 1.29 is 38.7 Å². The first-order valence-corrected chi connectivity index (χ1v) is 10.3. The zero-order chi connectivity index (χ0) is 25.4. The van der Waals surface area contributed by atoms with E-state index in [4.69, 9.17) is 4.74 Å². The third-order valence-electron chi connectivity index (χ3n) is 6.29. The predicted molar refractivity (Wildman–Crippen MR) is 113 cm³/mol. The molecule has 3 rings (SSSR count). The van der Waals surface area contributed by atoms with Crippen LogP contribution in [0.3, 0.4) is 0 Å². The standard InChI is InChI=1S/C21H23N5O8/c1-20(2,3)21-16(23-18(21)29)12(9-25(21)19(30)31)8-14(27)15(24-22)17(28)34-10-11-4-6-13(7-5-11)26(32)33/h4-7,12,16H,8-10H2,1-3H3,(H,23,29)(H,30,31)/t12-,16-,21+/m1/s1. The van der Waals surface area contributed by atoms with E-state index in [0.29, 0.717) is 5.56 Å². The number of nitrogens with one attached hydrogen (secondary N) is 1. The van der Waals surface area contributed by atoms with Crippen molar-refractivity contribution in [3.63, 3.8) is 0 Å². The van der Waals surface area contributed by atoms with Crippen molar-refractivity contribution in [2.45, 2.75) is 45.4 Å². The molecule has 2 saturated heterocycles. The number of amides is 2. The Morgan fingerprint density at radius 1 is 1.32 bits per heavy atom. The Labute approximate surface area is 193 Å². The van der Waals surface area contributed by atoms with Gasteiger partial charge >= 0.3 is 17.8 Å². The maximum absolute atomic E-state index is 12.7. The molecule has 2 aliphatic rings. The lowest BCUT2D eigenvalue weighted by Crippen LogP contribution is -2.81. The van der Waals surface area contributed by atoms with E-state index < -0.39 is 57.3 Å². The zero-order valence-corrected chi connectivity index (χ0v) is 18.7. The lowest BCUT2D eigenvalue weighted by atomic mass is 9.62. The number of hydrogen-bond acceptors (Lipinski definition) is 7. The molecule has 0 aliphatic carbocycles. The highest BCUT2D eigenvalue weighted by molar-refractivity contribution is 6.62. The third kappa shape index (κ3) is 3.90. The lowest BCUT2D eigenvalue weighted by molar-refractivity contribution is -0.384. The molecule has 0 aromatic heterocycles. The first-order chi connectivity index (χ1) is 15.8. The molecule has 0 spiro atoms. The van der Waals surface area contributed by atoms with Gasteiger partial charge in [-0.2, -0.15) is 4.79 Å². The number of likely N-dealkylation sites (tertiary alicyclic amines) is 1. The average molecular weight is 473 g/mol. The van der Waals surface area contributed by atoms with E-state index in [-0.39, 0.29) is 25.3 Å². The number of rotatable bonds is 7. The van der Waals surface area contributed by atoms with Crippen molar-refractivity contribution in [1.82, 2.24) is 10.2 Å². The number of carbonyl (C=O) groups is 4. The minimum Gasteiger partial charge on any atom is -0.465 e. The van der Waals surface area contributed by atoms with Crippen LogP contribution in [0, 0.1) is 21.4 Å². The largest absolute Gasteiger partial charge is 0.465 e. The van der Waals surface area contributed by atoms with Crippen molar-refractivity contribution in [2.75, 3.05) is 6.54 Å². The van der Waals surface area contributed by atoms with E-state index in [1.165, 1.54) is 24.3 Å². The normalized spacial score (nSPS) is 23.1. The quantitative estimate of drug-likeness (QED) is 0.0860. The van der Waals surface area contributed by atoms with Gasteiger partial charge in [-0.3, -0.25) is 24.6 Å². The summed E-state index contributed by atoms with van der Waals surface area (Å²) in [6.45, 7) is 4.74. The molecule has 2 aliphatic heterocycles. The molecule has 2 heterocycles. The highest BCUT2D eigenvalue weighted by Gasteiger charge is 2.72. The molecule has 180 valence electrons. The third-order valence-corrected chi connectivity index (χ3v) is 6.29. The van der Waals surface area contributed by atoms with Crippen LogP contribution in [0.5, 0.6) is 0 Å². The number of nitro groups is 1. The second-order valence-electron chi connectivity index (χ2n) is 9.20. The Morgan fingerprint density at radius 3 is 2.38 bits per heavy atom. The molecule has 3 atom stereocenters. The number of β-lactam (4-membered cyclic amide) rings is 1. The monoisotopic (exact) mass is 473 g/mol. The number of esters is 1. The van der Waals surface area contributed by atoms with Crippen molar-refractivity contribution in [2.24, 2.45) is 11.3 Å². The molecular weight excluding hydrogens is 450 g/mol. The molecule has 0 saturated carbocycles. The summed E-state index contributed by atoms with van der Waals surface area (Å²) in [4.78, 5) is 63.4. The van der Waals surface area contributed by atoms with Crippen LogP contribution in [0.4, 0.5) is 10.5 Å². The number of fused-ring (bicyclic) bond motifs is 1. The van der Waals surface area contributed by atoms with Gasteiger partial charge in [0.05, 0.1) is 11.0 Å². The Hall–Kier alpha value is -4.12. The van der Waals surface area contributed by atoms with Crippen LogP contribution in [0.1, 0.15) is 32.8 Å². The minimum atomic E-state index is -1.36. The fourth-order valence-corrected chi connectivity index (χ4v) is 4.75. The van der Waals surface area contributed by atoms with Gasteiger partial charge in [0.2, 0.25) is 5.91 Å². The number of carbonyl (C=O) groups excluding carboxylic acids is 3. The van der Waals surface area contributed by atoms with E-state index in [9.17, 15) is 39.9 Å². The van der Waals surface area contributed by atoms with E-state index in [0.717, 1.165) is 4.90 Å². The molecule has 1 aromatic rings. The zero-order valence-electron chi connectivity index (χ0n) is 18.7. The van der Waals surface area contributed by atoms with E-state index in [1.54, 1.807) is 20.8 Å². The number of hydrogen-bond donors (Lipinski definition) is 2. The van der Waals surface area contributed by atoms with Gasteiger partial charge in [-0.15, -0.1) is 0 Å². The number of Topliss-reactive ketones (excluding diaryl/α,β-unsaturated/α-hetero) is 1. The van der Waals surface area contributed by atoms with Crippen LogP contribution in [-0.2, 0) is 25.7 Å². The molecule has 34 heavy (non-hydrogen) atoms. The molecule has 2 amide bonds. The van der Waals surface area contributed by atoms with Gasteiger partial charge in [-0.1, -0.05) is 20.8 Å². The molecule has 0 radical (unpaired) electrons. The minimum absolute atomic E-state index is 0.127. The molecule has 1 aromatic carbocycles. The summed E-state index contributed by atoms with van der Waals surface area (Å²) in [5.74, 6) is -3.20. The summed E-state index contributed by atoms with van der Waals surface area (Å²) in [5, 5.41) is 23.1. The molecule has 13 nitrogen and oxygen atoms in total. The molecule has 2 N–H and O–H groups in total. The number of non-ortho nitro benzene ring substituents is 1. The number of nitro benzene ring substituents is 1. The molecular formula is C21H23N5O8. The van der Waals surface area contributed by atoms with E-state index in [2.05, 4.69) is 10.1 Å². The highest BCUT2D eigenvalue weighted by Crippen LogP contribution is 2.51. The molecule has 2 fully saturated rings. The smallest absolute Gasteiger partial charge is 0.441 e. The first kappa shape index (κ1) is 24.5. The number of ether oxygens (including phenoxy) is 1. The van der Waals surface area contributed by atoms with Crippen LogP contribution in [-0.4, -0.2) is 67.3 Å². The number of benzene rings is 1. The second-order valence-corrected chi connectivity index (χ2v) is 9.20. The summed E-state index contributed by atoms with van der Waals surface area (Å²) >= 11 is 0. The van der Waals surface area contributed by atoms with Gasteiger partial charge in [-0.05, 0) is 23.1 Å². The summed E-state index contributed by atoms with van der Waals surface area (Å²) in [5.41, 5.74) is 6.50. The fraction of sp³-hybridized carbons (Fsp3) is 0.476. The summed E-state index contributed by atoms with van der Waals surface area (Å²) in [6.07, 6.45) is -1.67. The van der Waals surface area contributed by atoms with Crippen molar-refractivity contribution >= 4 is 35.2 Å². The SMILES string of the molecule is CC(C)(C)[C@@]12C(=O)N[C@@H]1[C@H](CC(=O)C(=[N+]=[N-])C(=O)OCc1ccc([N+](=O)[O-])cc1)CN2C(=O)O. The number of carboxylic acid groups (broad SMARTS) is 1. The summed E-state index contributed by atoms with van der Waals surface area (Å²) < 4.78 is 4.98.